The van der Waals surface area contributed by atoms with Crippen LogP contribution in [0, 0.1) is 17.0 Å². The number of benzene rings is 2. The lowest BCUT2D eigenvalue weighted by Gasteiger charge is -2.24. The summed E-state index contributed by atoms with van der Waals surface area (Å²) in [6.07, 6.45) is 1.44. The molecule has 0 spiro atoms. The summed E-state index contributed by atoms with van der Waals surface area (Å²) in [5.74, 6) is 0. The van der Waals surface area contributed by atoms with E-state index in [1.54, 1.807) is 25.1 Å². The molecule has 0 saturated carbocycles. The number of hydrogen-bond acceptors (Lipinski definition) is 4. The highest BCUT2D eigenvalue weighted by molar-refractivity contribution is 7.92. The van der Waals surface area contributed by atoms with Gasteiger partial charge in [-0.1, -0.05) is 30.3 Å². The van der Waals surface area contributed by atoms with Gasteiger partial charge in [-0.25, -0.2) is 8.42 Å². The molecular formula is C16H16N2O4S. The molecule has 0 unspecified atom stereocenters. The Morgan fingerprint density at radius 1 is 1.22 bits per heavy atom. The molecule has 0 bridgehead atoms. The van der Waals surface area contributed by atoms with Gasteiger partial charge < -0.3 is 0 Å². The van der Waals surface area contributed by atoms with E-state index in [2.05, 4.69) is 6.58 Å². The van der Waals surface area contributed by atoms with Crippen molar-refractivity contribution in [2.24, 2.45) is 0 Å². The van der Waals surface area contributed by atoms with Crippen molar-refractivity contribution in [2.75, 3.05) is 10.8 Å². The zero-order valence-electron chi connectivity index (χ0n) is 12.5. The van der Waals surface area contributed by atoms with Gasteiger partial charge in [-0.05, 0) is 24.6 Å². The van der Waals surface area contributed by atoms with E-state index < -0.39 is 14.9 Å². The van der Waals surface area contributed by atoms with Gasteiger partial charge in [0.25, 0.3) is 15.7 Å². The third kappa shape index (κ3) is 3.40. The average Bonchev–Trinajstić information content (AvgIpc) is 2.54. The van der Waals surface area contributed by atoms with Gasteiger partial charge in [-0.3, -0.25) is 14.4 Å². The Kier molecular flexibility index (Phi) is 4.80. The summed E-state index contributed by atoms with van der Waals surface area (Å²) in [6.45, 7) is 5.30. The van der Waals surface area contributed by atoms with Gasteiger partial charge in [0.15, 0.2) is 0 Å². The van der Waals surface area contributed by atoms with E-state index in [-0.39, 0.29) is 22.8 Å². The van der Waals surface area contributed by atoms with Gasteiger partial charge in [0.1, 0.15) is 0 Å². The number of rotatable bonds is 6. The van der Waals surface area contributed by atoms with Crippen LogP contribution in [0.5, 0.6) is 0 Å². The molecule has 0 aliphatic heterocycles. The minimum Gasteiger partial charge on any atom is -0.262 e. The molecule has 2 aromatic rings. The third-order valence-electron chi connectivity index (χ3n) is 3.30. The molecular weight excluding hydrogens is 316 g/mol. The molecule has 0 heterocycles. The minimum absolute atomic E-state index is 0.0131. The van der Waals surface area contributed by atoms with Crippen LogP contribution in [0.3, 0.4) is 0 Å². The fraction of sp³-hybridized carbons (Fsp3) is 0.125. The van der Waals surface area contributed by atoms with Crippen LogP contribution in [0.2, 0.25) is 0 Å². The number of aryl methyl sites for hydroxylation is 1. The van der Waals surface area contributed by atoms with Gasteiger partial charge >= 0.3 is 0 Å². The molecule has 0 fully saturated rings. The molecule has 2 rings (SSSR count). The standard InChI is InChI=1S/C16H16N2O4S/c1-3-11-17(23(21,22)15-7-5-4-6-8-15)16-12-14(18(19)20)10-9-13(16)2/h3-10,12H,1,11H2,2H3. The number of hydrogen-bond donors (Lipinski definition) is 0. The van der Waals surface area contributed by atoms with E-state index in [0.29, 0.717) is 5.56 Å². The third-order valence-corrected chi connectivity index (χ3v) is 5.09. The number of anilines is 1. The highest BCUT2D eigenvalue weighted by atomic mass is 32.2. The Labute approximate surface area is 134 Å². The molecule has 0 radical (unpaired) electrons. The maximum atomic E-state index is 12.9. The second kappa shape index (κ2) is 6.62. The monoisotopic (exact) mass is 332 g/mol. The maximum Gasteiger partial charge on any atom is 0.271 e. The summed E-state index contributed by atoms with van der Waals surface area (Å²) in [7, 11) is -3.84. The number of non-ortho nitro benzene ring substituents is 1. The van der Waals surface area contributed by atoms with E-state index in [1.807, 2.05) is 0 Å². The lowest BCUT2D eigenvalue weighted by molar-refractivity contribution is -0.384. The summed E-state index contributed by atoms with van der Waals surface area (Å²) >= 11 is 0. The molecule has 0 aliphatic carbocycles. The highest BCUT2D eigenvalue weighted by Crippen LogP contribution is 2.30. The first-order chi connectivity index (χ1) is 10.9. The van der Waals surface area contributed by atoms with Crippen molar-refractivity contribution >= 4 is 21.4 Å². The predicted molar refractivity (Wildman–Crippen MR) is 89.0 cm³/mol. The van der Waals surface area contributed by atoms with Gasteiger partial charge in [-0.15, -0.1) is 6.58 Å². The SMILES string of the molecule is C=CCN(c1cc([N+](=O)[O-])ccc1C)S(=O)(=O)c1ccccc1. The number of nitro benzene ring substituents is 1. The van der Waals surface area contributed by atoms with E-state index in [0.717, 1.165) is 4.31 Å². The highest BCUT2D eigenvalue weighted by Gasteiger charge is 2.26. The van der Waals surface area contributed by atoms with Crippen molar-refractivity contribution in [1.29, 1.82) is 0 Å². The van der Waals surface area contributed by atoms with Crippen molar-refractivity contribution in [3.05, 3.63) is 76.9 Å². The molecule has 0 aromatic heterocycles. The Morgan fingerprint density at radius 3 is 2.43 bits per heavy atom. The van der Waals surface area contributed by atoms with Crippen LogP contribution in [0.25, 0.3) is 0 Å². The quantitative estimate of drug-likeness (QED) is 0.462. The van der Waals surface area contributed by atoms with Crippen molar-refractivity contribution in [1.82, 2.24) is 0 Å². The first kappa shape index (κ1) is 16.7. The predicted octanol–water partition coefficient (Wildman–Crippen LogP) is 3.28. The van der Waals surface area contributed by atoms with E-state index in [1.165, 1.54) is 36.4 Å². The van der Waals surface area contributed by atoms with Gasteiger partial charge in [0, 0.05) is 12.1 Å². The second-order valence-electron chi connectivity index (χ2n) is 4.87. The molecule has 0 N–H and O–H groups in total. The van der Waals surface area contributed by atoms with Crippen LogP contribution in [-0.2, 0) is 10.0 Å². The lowest BCUT2D eigenvalue weighted by atomic mass is 10.2. The minimum atomic E-state index is -3.84. The van der Waals surface area contributed by atoms with Gasteiger partial charge in [0.2, 0.25) is 0 Å². The van der Waals surface area contributed by atoms with Crippen molar-refractivity contribution in [3.63, 3.8) is 0 Å². The molecule has 0 aliphatic rings. The molecule has 6 nitrogen and oxygen atoms in total. The molecule has 0 atom stereocenters. The number of nitro groups is 1. The smallest absolute Gasteiger partial charge is 0.262 e. The summed E-state index contributed by atoms with van der Waals surface area (Å²) in [4.78, 5) is 10.5. The number of nitrogens with zero attached hydrogens (tertiary/aromatic N) is 2. The fourth-order valence-corrected chi connectivity index (χ4v) is 3.66. The molecule has 7 heteroatoms. The van der Waals surface area contributed by atoms with Crippen molar-refractivity contribution in [3.8, 4) is 0 Å². The second-order valence-corrected chi connectivity index (χ2v) is 6.73. The summed E-state index contributed by atoms with van der Waals surface area (Å²) in [5.41, 5.74) is 0.725. The number of sulfonamides is 1. The zero-order valence-corrected chi connectivity index (χ0v) is 13.4. The Morgan fingerprint density at radius 2 is 1.87 bits per heavy atom. The Hall–Kier alpha value is -2.67. The maximum absolute atomic E-state index is 12.9. The van der Waals surface area contributed by atoms with Crippen LogP contribution in [0.4, 0.5) is 11.4 Å². The van der Waals surface area contributed by atoms with Crippen LogP contribution in [0.15, 0.2) is 66.1 Å². The fourth-order valence-electron chi connectivity index (χ4n) is 2.14. The Balaban J connectivity index is 2.62. The molecule has 0 amide bonds. The van der Waals surface area contributed by atoms with Crippen molar-refractivity contribution in [2.45, 2.75) is 11.8 Å². The molecule has 120 valence electrons. The van der Waals surface area contributed by atoms with Gasteiger partial charge in [-0.2, -0.15) is 0 Å². The summed E-state index contributed by atoms with van der Waals surface area (Å²) in [6, 6.07) is 12.1. The first-order valence-electron chi connectivity index (χ1n) is 6.81. The largest absolute Gasteiger partial charge is 0.271 e. The van der Waals surface area contributed by atoms with Crippen LogP contribution < -0.4 is 4.31 Å². The normalized spacial score (nSPS) is 11.0. The van der Waals surface area contributed by atoms with Crippen LogP contribution >= 0.6 is 0 Å². The summed E-state index contributed by atoms with van der Waals surface area (Å²) in [5, 5.41) is 11.0. The lowest BCUT2D eigenvalue weighted by Crippen LogP contribution is -2.31. The summed E-state index contributed by atoms with van der Waals surface area (Å²) < 4.78 is 26.9. The van der Waals surface area contributed by atoms with Crippen LogP contribution in [-0.4, -0.2) is 19.9 Å². The van der Waals surface area contributed by atoms with Gasteiger partial charge in [0.05, 0.1) is 22.1 Å². The van der Waals surface area contributed by atoms with E-state index in [4.69, 9.17) is 0 Å². The van der Waals surface area contributed by atoms with E-state index >= 15 is 0 Å². The molecule has 23 heavy (non-hydrogen) atoms. The zero-order chi connectivity index (χ0) is 17.0. The van der Waals surface area contributed by atoms with Crippen LogP contribution in [0.1, 0.15) is 5.56 Å². The van der Waals surface area contributed by atoms with Crippen molar-refractivity contribution < 1.29 is 13.3 Å². The molecule has 0 saturated heterocycles. The molecule has 2 aromatic carbocycles. The Bertz CT molecular complexity index is 832. The topological polar surface area (TPSA) is 80.5 Å². The first-order valence-corrected chi connectivity index (χ1v) is 8.25. The average molecular weight is 332 g/mol. The van der Waals surface area contributed by atoms with E-state index in [9.17, 15) is 18.5 Å².